The lowest BCUT2D eigenvalue weighted by Gasteiger charge is -2.23. The predicted octanol–water partition coefficient (Wildman–Crippen LogP) is 5.57. The van der Waals surface area contributed by atoms with Crippen LogP contribution in [0.15, 0.2) is 63.2 Å². The van der Waals surface area contributed by atoms with Gasteiger partial charge in [-0.3, -0.25) is 14.2 Å². The molecular weight excluding hydrogens is 446 g/mol. The second kappa shape index (κ2) is 8.61. The van der Waals surface area contributed by atoms with Crippen LogP contribution in [0.4, 0.5) is 0 Å². The molecule has 5 nitrogen and oxygen atoms in total. The molecule has 1 aromatic carbocycles. The molecule has 4 aromatic rings. The number of rotatable bonds is 5. The lowest BCUT2D eigenvalue weighted by atomic mass is 10.1. The number of nitrogens with one attached hydrogen (secondary N) is 1. The number of nitrogens with zero attached hydrogens (tertiary/aromatic N) is 2. The Labute approximate surface area is 193 Å². The minimum Gasteiger partial charge on any atom is -0.351 e. The third kappa shape index (κ3) is 4.61. The Hall–Kier alpha value is -2.42. The molecule has 0 radical (unpaired) electrons. The van der Waals surface area contributed by atoms with Crippen LogP contribution in [-0.2, 0) is 4.79 Å². The molecule has 0 saturated heterocycles. The Bertz CT molecular complexity index is 1270. The summed E-state index contributed by atoms with van der Waals surface area (Å²) >= 11 is 4.36. The lowest BCUT2D eigenvalue weighted by Crippen LogP contribution is -2.44. The van der Waals surface area contributed by atoms with Crippen molar-refractivity contribution in [3.8, 4) is 16.1 Å². The maximum Gasteiger partial charge on any atom is 0.268 e. The quantitative estimate of drug-likeness (QED) is 0.306. The highest BCUT2D eigenvalue weighted by atomic mass is 32.2. The fourth-order valence-corrected chi connectivity index (χ4v) is 5.88. The maximum atomic E-state index is 13.7. The third-order valence-corrected chi connectivity index (χ3v) is 7.36. The third-order valence-electron chi connectivity index (χ3n) is 4.53. The van der Waals surface area contributed by atoms with E-state index in [9.17, 15) is 9.59 Å². The fraction of sp³-hybridized carbons (Fsp3) is 0.261. The van der Waals surface area contributed by atoms with E-state index in [2.05, 4.69) is 5.32 Å². The second-order valence-electron chi connectivity index (χ2n) is 8.18. The second-order valence-corrected chi connectivity index (χ2v) is 11.3. The molecule has 0 spiro atoms. The van der Waals surface area contributed by atoms with Gasteiger partial charge in [0, 0.05) is 21.4 Å². The van der Waals surface area contributed by atoms with Crippen LogP contribution in [0.3, 0.4) is 0 Å². The Kier molecular flexibility index (Phi) is 6.05. The van der Waals surface area contributed by atoms with E-state index in [0.717, 1.165) is 16.1 Å². The minimum atomic E-state index is -0.407. The van der Waals surface area contributed by atoms with Crippen LogP contribution in [0.2, 0.25) is 0 Å². The lowest BCUT2D eigenvalue weighted by molar-refractivity contribution is -0.121. The number of hydrogen-bond donors (Lipinski definition) is 1. The highest BCUT2D eigenvalue weighted by molar-refractivity contribution is 8.00. The topological polar surface area (TPSA) is 64.0 Å². The standard InChI is InChI=1S/C23H23N3O2S3/c1-14(19(27)25-23(2,3)4)31-22-24-20-18(16(13-30-20)17-11-8-12-29-17)21(28)26(22)15-9-6-5-7-10-15/h5-14H,1-4H3,(H,25,27). The van der Waals surface area contributed by atoms with Crippen LogP contribution >= 0.6 is 34.4 Å². The fourth-order valence-electron chi connectivity index (χ4n) is 3.15. The van der Waals surface area contributed by atoms with Gasteiger partial charge in [0.25, 0.3) is 5.56 Å². The first-order valence-corrected chi connectivity index (χ1v) is 12.5. The maximum absolute atomic E-state index is 13.7. The molecule has 4 rings (SSSR count). The van der Waals surface area contributed by atoms with Crippen LogP contribution in [0.5, 0.6) is 0 Å². The van der Waals surface area contributed by atoms with Crippen molar-refractivity contribution >= 4 is 50.6 Å². The van der Waals surface area contributed by atoms with E-state index < -0.39 is 5.25 Å². The monoisotopic (exact) mass is 469 g/mol. The first-order chi connectivity index (χ1) is 14.7. The van der Waals surface area contributed by atoms with Crippen molar-refractivity contribution in [2.45, 2.75) is 43.6 Å². The Balaban J connectivity index is 1.85. The molecule has 1 unspecified atom stereocenters. The molecular formula is C23H23N3O2S3. The largest absolute Gasteiger partial charge is 0.351 e. The van der Waals surface area contributed by atoms with Gasteiger partial charge >= 0.3 is 0 Å². The van der Waals surface area contributed by atoms with Crippen molar-refractivity contribution < 1.29 is 4.79 Å². The molecule has 0 fully saturated rings. The number of thioether (sulfide) groups is 1. The van der Waals surface area contributed by atoms with E-state index in [4.69, 9.17) is 4.98 Å². The number of hydrogen-bond acceptors (Lipinski definition) is 6. The molecule has 160 valence electrons. The summed E-state index contributed by atoms with van der Waals surface area (Å²) in [7, 11) is 0. The number of amides is 1. The van der Waals surface area contributed by atoms with Crippen LogP contribution in [0, 0.1) is 0 Å². The molecule has 1 atom stereocenters. The molecule has 3 aromatic heterocycles. The van der Waals surface area contributed by atoms with Gasteiger partial charge in [-0.2, -0.15) is 0 Å². The van der Waals surface area contributed by atoms with Crippen molar-refractivity contribution in [1.82, 2.24) is 14.9 Å². The zero-order valence-electron chi connectivity index (χ0n) is 17.7. The highest BCUT2D eigenvalue weighted by Crippen LogP contribution is 2.35. The average Bonchev–Trinajstić information content (AvgIpc) is 3.37. The van der Waals surface area contributed by atoms with Gasteiger partial charge in [0.2, 0.25) is 5.91 Å². The van der Waals surface area contributed by atoms with Crippen molar-refractivity contribution in [2.24, 2.45) is 0 Å². The number of para-hydroxylation sites is 1. The average molecular weight is 470 g/mol. The minimum absolute atomic E-state index is 0.0862. The van der Waals surface area contributed by atoms with E-state index in [-0.39, 0.29) is 17.0 Å². The van der Waals surface area contributed by atoms with Gasteiger partial charge in [0.15, 0.2) is 5.16 Å². The van der Waals surface area contributed by atoms with Gasteiger partial charge < -0.3 is 5.32 Å². The summed E-state index contributed by atoms with van der Waals surface area (Å²) in [6.07, 6.45) is 0. The van der Waals surface area contributed by atoms with Crippen molar-refractivity contribution in [2.75, 3.05) is 0 Å². The number of carbonyl (C=O) groups excluding carboxylic acids is 1. The summed E-state index contributed by atoms with van der Waals surface area (Å²) in [5.41, 5.74) is 1.20. The van der Waals surface area contributed by atoms with Crippen LogP contribution in [-0.4, -0.2) is 26.2 Å². The molecule has 0 aliphatic heterocycles. The van der Waals surface area contributed by atoms with E-state index in [0.29, 0.717) is 15.4 Å². The first-order valence-electron chi connectivity index (χ1n) is 9.87. The molecule has 31 heavy (non-hydrogen) atoms. The van der Waals surface area contributed by atoms with Crippen molar-refractivity contribution in [3.05, 3.63) is 63.6 Å². The summed E-state index contributed by atoms with van der Waals surface area (Å²) in [5, 5.41) is 7.72. The smallest absolute Gasteiger partial charge is 0.268 e. The SMILES string of the molecule is CC(Sc1nc2scc(-c3cccs3)c2c(=O)n1-c1ccccc1)C(=O)NC(C)(C)C. The molecule has 0 aliphatic rings. The molecule has 0 aliphatic carbocycles. The highest BCUT2D eigenvalue weighted by Gasteiger charge is 2.24. The van der Waals surface area contributed by atoms with Crippen LogP contribution < -0.4 is 10.9 Å². The molecule has 3 heterocycles. The van der Waals surface area contributed by atoms with Gasteiger partial charge in [-0.25, -0.2) is 4.98 Å². The molecule has 0 bridgehead atoms. The normalized spacial score (nSPS) is 12.8. The summed E-state index contributed by atoms with van der Waals surface area (Å²) in [6, 6.07) is 13.5. The van der Waals surface area contributed by atoms with Gasteiger partial charge in [-0.1, -0.05) is 36.0 Å². The van der Waals surface area contributed by atoms with Gasteiger partial charge in [0.1, 0.15) is 4.83 Å². The Morgan fingerprint density at radius 1 is 1.13 bits per heavy atom. The number of benzene rings is 1. The number of thiophene rings is 2. The van der Waals surface area contributed by atoms with Crippen molar-refractivity contribution in [1.29, 1.82) is 0 Å². The van der Waals surface area contributed by atoms with E-state index in [1.165, 1.54) is 23.1 Å². The first kappa shape index (κ1) is 21.8. The number of aromatic nitrogens is 2. The van der Waals surface area contributed by atoms with Crippen LogP contribution in [0.25, 0.3) is 26.3 Å². The van der Waals surface area contributed by atoms with E-state index in [1.54, 1.807) is 15.9 Å². The van der Waals surface area contributed by atoms with E-state index >= 15 is 0 Å². The molecule has 1 amide bonds. The molecule has 0 saturated carbocycles. The molecule has 1 N–H and O–H groups in total. The van der Waals surface area contributed by atoms with E-state index in [1.807, 2.05) is 80.9 Å². The summed E-state index contributed by atoms with van der Waals surface area (Å²) in [6.45, 7) is 7.68. The zero-order chi connectivity index (χ0) is 22.2. The summed E-state index contributed by atoms with van der Waals surface area (Å²) < 4.78 is 1.62. The Morgan fingerprint density at radius 3 is 2.52 bits per heavy atom. The Morgan fingerprint density at radius 2 is 1.87 bits per heavy atom. The van der Waals surface area contributed by atoms with Gasteiger partial charge in [0.05, 0.1) is 16.3 Å². The summed E-state index contributed by atoms with van der Waals surface area (Å²) in [5.74, 6) is -0.0862. The predicted molar refractivity (Wildman–Crippen MR) is 132 cm³/mol. The molecule has 8 heteroatoms. The van der Waals surface area contributed by atoms with Crippen LogP contribution in [0.1, 0.15) is 27.7 Å². The summed E-state index contributed by atoms with van der Waals surface area (Å²) in [4.78, 5) is 33.0. The zero-order valence-corrected chi connectivity index (χ0v) is 20.2. The van der Waals surface area contributed by atoms with Gasteiger partial charge in [-0.15, -0.1) is 22.7 Å². The number of fused-ring (bicyclic) bond motifs is 1. The van der Waals surface area contributed by atoms with Crippen molar-refractivity contribution in [3.63, 3.8) is 0 Å². The number of carbonyl (C=O) groups is 1. The van der Waals surface area contributed by atoms with Gasteiger partial charge in [-0.05, 0) is 51.3 Å².